The van der Waals surface area contributed by atoms with Crippen LogP contribution in [0.2, 0.25) is 4.34 Å². The van der Waals surface area contributed by atoms with Gasteiger partial charge in [-0.2, -0.15) is 4.31 Å². The van der Waals surface area contributed by atoms with Gasteiger partial charge in [0, 0.05) is 32.1 Å². The van der Waals surface area contributed by atoms with Crippen LogP contribution in [-0.2, 0) is 14.8 Å². The van der Waals surface area contributed by atoms with Crippen LogP contribution in [0.4, 0.5) is 5.13 Å². The van der Waals surface area contributed by atoms with Crippen LogP contribution in [0.3, 0.4) is 0 Å². The van der Waals surface area contributed by atoms with E-state index in [0.29, 0.717) is 47.7 Å². The van der Waals surface area contributed by atoms with E-state index in [1.807, 2.05) is 18.2 Å². The zero-order valence-electron chi connectivity index (χ0n) is 20.6. The molecule has 0 atom stereocenters. The number of para-hydroxylation sites is 1. The number of carbonyl (C=O) groups excluding carboxylic acids is 1. The predicted octanol–water partition coefficient (Wildman–Crippen LogP) is 4.80. The Morgan fingerprint density at radius 2 is 1.86 bits per heavy atom. The van der Waals surface area contributed by atoms with Crippen molar-refractivity contribution in [3.05, 3.63) is 34.7 Å². The highest BCUT2D eigenvalue weighted by atomic mass is 35.5. The maximum Gasteiger partial charge on any atom is 0.252 e. The first-order valence-electron chi connectivity index (χ1n) is 12.0. The molecule has 1 aliphatic rings. The molecular formula is C24H31ClN4O4S3. The minimum absolute atomic E-state index is 0.00334. The van der Waals surface area contributed by atoms with Crippen LogP contribution in [0.1, 0.15) is 26.7 Å². The average Bonchev–Trinajstić information content (AvgIpc) is 3.53. The van der Waals surface area contributed by atoms with Crippen LogP contribution in [-0.4, -0.2) is 74.9 Å². The van der Waals surface area contributed by atoms with E-state index in [9.17, 15) is 13.2 Å². The fourth-order valence-electron chi connectivity index (χ4n) is 4.40. The van der Waals surface area contributed by atoms with E-state index in [1.165, 1.54) is 21.7 Å². The molecule has 12 heteroatoms. The number of nitrogens with zero attached hydrogens (tertiary/aromatic N) is 4. The molecule has 4 rings (SSSR count). The summed E-state index contributed by atoms with van der Waals surface area (Å²) in [5.74, 6) is 0.406. The molecule has 0 bridgehead atoms. The molecule has 1 fully saturated rings. The van der Waals surface area contributed by atoms with Crippen molar-refractivity contribution < 1.29 is 17.9 Å². The topological polar surface area (TPSA) is 83.0 Å². The molecule has 0 unspecified atom stereocenters. The highest BCUT2D eigenvalue weighted by Crippen LogP contribution is 2.36. The van der Waals surface area contributed by atoms with Gasteiger partial charge in [0.2, 0.25) is 5.91 Å². The van der Waals surface area contributed by atoms with E-state index in [4.69, 9.17) is 21.3 Å². The molecule has 0 saturated carbocycles. The number of thiazole rings is 1. The van der Waals surface area contributed by atoms with Crippen molar-refractivity contribution in [2.24, 2.45) is 5.92 Å². The number of piperidine rings is 1. The molecule has 0 radical (unpaired) electrons. The number of aromatic nitrogens is 1. The Kier molecular flexibility index (Phi) is 8.90. The van der Waals surface area contributed by atoms with Crippen molar-refractivity contribution in [2.45, 2.75) is 30.9 Å². The summed E-state index contributed by atoms with van der Waals surface area (Å²) in [6.45, 7) is 7.86. The molecule has 196 valence electrons. The minimum atomic E-state index is -3.60. The molecule has 36 heavy (non-hydrogen) atoms. The molecular weight excluding hydrogens is 540 g/mol. The number of hydrogen-bond acceptors (Lipinski definition) is 8. The predicted molar refractivity (Wildman–Crippen MR) is 147 cm³/mol. The number of rotatable bonds is 10. The first-order chi connectivity index (χ1) is 17.3. The van der Waals surface area contributed by atoms with E-state index in [0.717, 1.165) is 41.2 Å². The number of thiophene rings is 1. The number of likely N-dealkylation sites (N-methyl/N-ethyl adjacent to an activating group) is 1. The Hall–Kier alpha value is -1.76. The van der Waals surface area contributed by atoms with Gasteiger partial charge in [-0.05, 0) is 50.2 Å². The zero-order chi connectivity index (χ0) is 25.9. The standard InChI is InChI=1S/C24H31ClN4O4S3/c1-4-27(5-2)15-16-29(24-26-22-18(33-3)7-6-8-19(22)34-24)23(30)17-11-13-28(14-12-17)36(31,32)21-10-9-20(25)35-21/h6-10,17H,4-5,11-16H2,1-3H3. The van der Waals surface area contributed by atoms with Crippen molar-refractivity contribution in [1.82, 2.24) is 14.2 Å². The SMILES string of the molecule is CCN(CC)CCN(C(=O)C1CCN(S(=O)(=O)c2ccc(Cl)s2)CC1)c1nc2c(OC)cccc2s1. The third kappa shape index (κ3) is 5.71. The molecule has 0 aliphatic carbocycles. The van der Waals surface area contributed by atoms with E-state index in [2.05, 4.69) is 18.7 Å². The fourth-order valence-corrected chi connectivity index (χ4v) is 8.52. The number of carbonyl (C=O) groups is 1. The lowest BCUT2D eigenvalue weighted by atomic mass is 9.96. The van der Waals surface area contributed by atoms with Gasteiger partial charge < -0.3 is 9.64 Å². The normalized spacial score (nSPS) is 15.6. The van der Waals surface area contributed by atoms with Crippen molar-refractivity contribution in [1.29, 1.82) is 0 Å². The van der Waals surface area contributed by atoms with Crippen molar-refractivity contribution in [2.75, 3.05) is 51.3 Å². The van der Waals surface area contributed by atoms with Crippen LogP contribution in [0, 0.1) is 5.92 Å². The zero-order valence-corrected chi connectivity index (χ0v) is 23.9. The Balaban J connectivity index is 1.54. The average molecular weight is 571 g/mol. The summed E-state index contributed by atoms with van der Waals surface area (Å²) in [7, 11) is -1.99. The summed E-state index contributed by atoms with van der Waals surface area (Å²) in [4.78, 5) is 22.7. The summed E-state index contributed by atoms with van der Waals surface area (Å²) < 4.78 is 34.6. The summed E-state index contributed by atoms with van der Waals surface area (Å²) in [5, 5.41) is 0.648. The molecule has 1 saturated heterocycles. The number of hydrogen-bond donors (Lipinski definition) is 0. The van der Waals surface area contributed by atoms with Gasteiger partial charge >= 0.3 is 0 Å². The summed E-state index contributed by atoms with van der Waals surface area (Å²) in [6.07, 6.45) is 0.931. The summed E-state index contributed by atoms with van der Waals surface area (Å²) in [6, 6.07) is 8.89. The smallest absolute Gasteiger partial charge is 0.252 e. The van der Waals surface area contributed by atoms with E-state index in [-0.39, 0.29) is 16.0 Å². The maximum atomic E-state index is 13.8. The third-order valence-corrected chi connectivity index (χ3v) is 11.2. The molecule has 0 N–H and O–H groups in total. The van der Waals surface area contributed by atoms with Gasteiger partial charge in [-0.25, -0.2) is 13.4 Å². The van der Waals surface area contributed by atoms with Crippen LogP contribution < -0.4 is 9.64 Å². The van der Waals surface area contributed by atoms with E-state index in [1.54, 1.807) is 18.1 Å². The molecule has 8 nitrogen and oxygen atoms in total. The molecule has 1 amide bonds. The minimum Gasteiger partial charge on any atom is -0.494 e. The van der Waals surface area contributed by atoms with E-state index < -0.39 is 10.0 Å². The second kappa shape index (κ2) is 11.7. The summed E-state index contributed by atoms with van der Waals surface area (Å²) >= 11 is 8.48. The number of anilines is 1. The van der Waals surface area contributed by atoms with E-state index >= 15 is 0 Å². The first kappa shape index (κ1) is 27.3. The molecule has 0 spiro atoms. The van der Waals surface area contributed by atoms with Gasteiger partial charge in [-0.3, -0.25) is 9.69 Å². The van der Waals surface area contributed by atoms with Gasteiger partial charge in [0.15, 0.2) is 5.13 Å². The van der Waals surface area contributed by atoms with Gasteiger partial charge in [-0.1, -0.05) is 42.9 Å². The molecule has 1 aromatic carbocycles. The maximum absolute atomic E-state index is 13.8. The second-order valence-electron chi connectivity index (χ2n) is 8.56. The fraction of sp³-hybridized carbons (Fsp3) is 0.500. The Morgan fingerprint density at radius 3 is 2.47 bits per heavy atom. The molecule has 3 aromatic rings. The number of methoxy groups -OCH3 is 1. The van der Waals surface area contributed by atoms with Gasteiger partial charge in [0.25, 0.3) is 10.0 Å². The van der Waals surface area contributed by atoms with Gasteiger partial charge in [0.1, 0.15) is 15.5 Å². The lowest BCUT2D eigenvalue weighted by molar-refractivity contribution is -0.123. The van der Waals surface area contributed by atoms with Crippen LogP contribution in [0.25, 0.3) is 10.2 Å². The number of halogens is 1. The largest absolute Gasteiger partial charge is 0.494 e. The highest BCUT2D eigenvalue weighted by molar-refractivity contribution is 7.91. The molecule has 1 aliphatic heterocycles. The van der Waals surface area contributed by atoms with Crippen molar-refractivity contribution in [3.8, 4) is 5.75 Å². The number of amides is 1. The number of ether oxygens (including phenoxy) is 1. The second-order valence-corrected chi connectivity index (χ2v) is 13.4. The number of fused-ring (bicyclic) bond motifs is 1. The highest BCUT2D eigenvalue weighted by Gasteiger charge is 2.35. The Bertz CT molecular complexity index is 1300. The molecule has 2 aromatic heterocycles. The van der Waals surface area contributed by atoms with Gasteiger partial charge in [0.05, 0.1) is 16.1 Å². The lowest BCUT2D eigenvalue weighted by Crippen LogP contribution is -2.46. The number of sulfonamides is 1. The van der Waals surface area contributed by atoms with Crippen LogP contribution in [0.5, 0.6) is 5.75 Å². The van der Waals surface area contributed by atoms with Crippen LogP contribution in [0.15, 0.2) is 34.5 Å². The van der Waals surface area contributed by atoms with Crippen molar-refractivity contribution >= 4 is 65.6 Å². The Labute approximate surface area is 225 Å². The first-order valence-corrected chi connectivity index (χ1v) is 15.5. The van der Waals surface area contributed by atoms with Crippen molar-refractivity contribution in [3.63, 3.8) is 0 Å². The van der Waals surface area contributed by atoms with Gasteiger partial charge in [-0.15, -0.1) is 11.3 Å². The number of benzene rings is 1. The molecule has 3 heterocycles. The Morgan fingerprint density at radius 1 is 1.14 bits per heavy atom. The quantitative estimate of drug-likeness (QED) is 0.348. The monoisotopic (exact) mass is 570 g/mol. The third-order valence-electron chi connectivity index (χ3n) is 6.57. The lowest BCUT2D eigenvalue weighted by Gasteiger charge is -2.33. The summed E-state index contributed by atoms with van der Waals surface area (Å²) in [5.41, 5.74) is 0.746. The van der Waals surface area contributed by atoms with Crippen LogP contribution >= 0.6 is 34.3 Å².